The average Bonchev–Trinajstić information content (AvgIpc) is 2.30. The maximum absolute atomic E-state index is 11.6. The molecule has 0 aromatic rings. The molecule has 1 N–H and O–H groups in total. The number of allylic oxidation sites excluding steroid dienone is 1. The maximum atomic E-state index is 11.6. The largest absolute Gasteiger partial charge is 0.505 e. The van der Waals surface area contributed by atoms with Gasteiger partial charge in [0.15, 0.2) is 10.7 Å². The molecule has 1 rings (SSSR count). The summed E-state index contributed by atoms with van der Waals surface area (Å²) in [6, 6.07) is 0. The molecule has 0 bridgehead atoms. The standard InChI is InChI=1S/C11H16N2O4/c1-7(14)10(13-12)11(15)17-9-6-4-3-5-8(9)16-2/h8-9H,3-6H2,1-2H3/p+1/t8-,9-/m1/s1. The summed E-state index contributed by atoms with van der Waals surface area (Å²) in [5.41, 5.74) is -0.467. The van der Waals surface area contributed by atoms with Crippen LogP contribution < -0.4 is 0 Å². The van der Waals surface area contributed by atoms with Gasteiger partial charge in [-0.25, -0.2) is 4.79 Å². The fourth-order valence-corrected chi connectivity index (χ4v) is 1.92. The van der Waals surface area contributed by atoms with E-state index in [0.717, 1.165) is 19.3 Å². The van der Waals surface area contributed by atoms with Crippen molar-refractivity contribution in [1.82, 2.24) is 0 Å². The molecule has 0 amide bonds. The lowest BCUT2D eigenvalue weighted by Crippen LogP contribution is -2.35. The maximum Gasteiger partial charge on any atom is 0.504 e. The van der Waals surface area contributed by atoms with Crippen LogP contribution in [0.4, 0.5) is 0 Å². The zero-order valence-corrected chi connectivity index (χ0v) is 10.0. The molecular formula is C11H17N2O4+. The second-order valence-electron chi connectivity index (χ2n) is 4.04. The summed E-state index contributed by atoms with van der Waals surface area (Å²) in [5.74, 6) is -1.20. The van der Waals surface area contributed by atoms with Crippen molar-refractivity contribution in [1.29, 1.82) is 5.39 Å². The van der Waals surface area contributed by atoms with Crippen molar-refractivity contribution in [3.63, 3.8) is 0 Å². The van der Waals surface area contributed by atoms with Gasteiger partial charge in [0, 0.05) is 14.0 Å². The summed E-state index contributed by atoms with van der Waals surface area (Å²) in [7, 11) is 1.57. The number of carbonyl (C=O) groups excluding carboxylic acids is 1. The lowest BCUT2D eigenvalue weighted by molar-refractivity contribution is -0.154. The van der Waals surface area contributed by atoms with Gasteiger partial charge in [-0.1, -0.05) is 6.42 Å². The lowest BCUT2D eigenvalue weighted by Gasteiger charge is -2.29. The number of methoxy groups -OCH3 is 1. The van der Waals surface area contributed by atoms with E-state index in [9.17, 15) is 4.79 Å². The Labute approximate surface area is 99.8 Å². The molecule has 1 saturated carbocycles. The van der Waals surface area contributed by atoms with Crippen molar-refractivity contribution < 1.29 is 19.4 Å². The first-order valence-electron chi connectivity index (χ1n) is 5.58. The molecule has 0 aliphatic heterocycles. The fourth-order valence-electron chi connectivity index (χ4n) is 1.92. The summed E-state index contributed by atoms with van der Waals surface area (Å²) < 4.78 is 10.4. The third-order valence-corrected chi connectivity index (χ3v) is 2.84. The highest BCUT2D eigenvalue weighted by atomic mass is 16.6. The minimum absolute atomic E-state index is 0.133. The lowest BCUT2D eigenvalue weighted by atomic mass is 9.94. The van der Waals surface area contributed by atoms with Crippen molar-refractivity contribution in [2.75, 3.05) is 7.11 Å². The van der Waals surface area contributed by atoms with Crippen LogP contribution in [0.2, 0.25) is 0 Å². The Bertz CT molecular complexity index is 355. The van der Waals surface area contributed by atoms with E-state index in [2.05, 4.69) is 4.98 Å². The van der Waals surface area contributed by atoms with E-state index in [-0.39, 0.29) is 18.0 Å². The number of diazo groups is 1. The van der Waals surface area contributed by atoms with Gasteiger partial charge in [-0.05, 0) is 19.3 Å². The normalized spacial score (nSPS) is 25.7. The van der Waals surface area contributed by atoms with Crippen LogP contribution in [0.25, 0.3) is 4.98 Å². The molecule has 0 radical (unpaired) electrons. The Morgan fingerprint density at radius 2 is 1.94 bits per heavy atom. The van der Waals surface area contributed by atoms with Crippen LogP contribution in [-0.2, 0) is 14.3 Å². The predicted octanol–water partition coefficient (Wildman–Crippen LogP) is 2.13. The molecule has 17 heavy (non-hydrogen) atoms. The molecule has 6 nitrogen and oxygen atoms in total. The van der Waals surface area contributed by atoms with Gasteiger partial charge in [0.1, 0.15) is 6.10 Å². The monoisotopic (exact) mass is 241 g/mol. The number of aliphatic hydroxyl groups excluding tert-OH is 1. The van der Waals surface area contributed by atoms with Gasteiger partial charge < -0.3 is 14.6 Å². The third-order valence-electron chi connectivity index (χ3n) is 2.84. The molecule has 1 aliphatic rings. The van der Waals surface area contributed by atoms with E-state index in [0.29, 0.717) is 6.42 Å². The van der Waals surface area contributed by atoms with Crippen LogP contribution in [0.1, 0.15) is 32.6 Å². The minimum Gasteiger partial charge on any atom is -0.505 e. The van der Waals surface area contributed by atoms with Gasteiger partial charge in [0.05, 0.1) is 6.10 Å². The number of esters is 1. The molecule has 94 valence electrons. The first-order chi connectivity index (χ1) is 8.10. The van der Waals surface area contributed by atoms with Crippen LogP contribution >= 0.6 is 0 Å². The number of hydrogen-bond donors (Lipinski definition) is 1. The summed E-state index contributed by atoms with van der Waals surface area (Å²) in [5, 5.41) is 17.7. The third kappa shape index (κ3) is 3.43. The Hall–Kier alpha value is -1.61. The van der Waals surface area contributed by atoms with Crippen LogP contribution in [0.3, 0.4) is 0 Å². The Morgan fingerprint density at radius 1 is 1.35 bits per heavy atom. The van der Waals surface area contributed by atoms with Gasteiger partial charge in [-0.3, -0.25) is 0 Å². The number of hydrogen-bond acceptors (Lipinski definition) is 5. The molecular weight excluding hydrogens is 224 g/mol. The van der Waals surface area contributed by atoms with Crippen LogP contribution in [-0.4, -0.2) is 30.4 Å². The summed E-state index contributed by atoms with van der Waals surface area (Å²) in [6.07, 6.45) is 3.07. The van der Waals surface area contributed by atoms with E-state index in [1.54, 1.807) is 7.11 Å². The number of carbonyl (C=O) groups is 1. The van der Waals surface area contributed by atoms with Crippen LogP contribution in [0.5, 0.6) is 0 Å². The zero-order chi connectivity index (χ0) is 12.8. The topological polar surface area (TPSA) is 83.9 Å². The predicted molar refractivity (Wildman–Crippen MR) is 59.6 cm³/mol. The van der Waals surface area contributed by atoms with E-state index in [4.69, 9.17) is 20.0 Å². The summed E-state index contributed by atoms with van der Waals surface area (Å²) >= 11 is 0. The highest BCUT2D eigenvalue weighted by Gasteiger charge is 2.35. The highest BCUT2D eigenvalue weighted by molar-refractivity contribution is 5.90. The molecule has 1 aliphatic carbocycles. The quantitative estimate of drug-likeness (QED) is 0.354. The van der Waals surface area contributed by atoms with Crippen molar-refractivity contribution in [2.45, 2.75) is 44.8 Å². The second-order valence-corrected chi connectivity index (χ2v) is 4.04. The van der Waals surface area contributed by atoms with Crippen molar-refractivity contribution in [3.8, 4) is 0 Å². The number of aliphatic hydroxyl groups is 1. The first-order valence-corrected chi connectivity index (χ1v) is 5.58. The minimum atomic E-state index is -0.832. The number of nitrogens with zero attached hydrogens (tertiary/aromatic N) is 2. The fraction of sp³-hybridized carbons (Fsp3) is 0.727. The summed E-state index contributed by atoms with van der Waals surface area (Å²) in [4.78, 5) is 14.3. The molecule has 0 aromatic carbocycles. The smallest absolute Gasteiger partial charge is 0.504 e. The van der Waals surface area contributed by atoms with Gasteiger partial charge in [0.2, 0.25) is 5.39 Å². The van der Waals surface area contributed by atoms with E-state index in [1.807, 2.05) is 0 Å². The Balaban J connectivity index is 2.67. The first kappa shape index (κ1) is 13.5. The molecule has 6 heteroatoms. The number of ether oxygens (including phenoxy) is 2. The van der Waals surface area contributed by atoms with Crippen molar-refractivity contribution in [2.24, 2.45) is 0 Å². The average molecular weight is 241 g/mol. The van der Waals surface area contributed by atoms with Gasteiger partial charge >= 0.3 is 11.7 Å². The highest BCUT2D eigenvalue weighted by Crippen LogP contribution is 2.24. The molecule has 0 aromatic heterocycles. The second kappa shape index (κ2) is 6.21. The van der Waals surface area contributed by atoms with Crippen molar-refractivity contribution >= 4 is 5.97 Å². The SMILES string of the molecule is CO[C@@H]1CCCC[C@H]1OC(=O)/C([N+]#N)=C(/C)O. The van der Waals surface area contributed by atoms with Crippen LogP contribution in [0.15, 0.2) is 11.5 Å². The molecule has 0 unspecified atom stereocenters. The molecule has 0 spiro atoms. The Morgan fingerprint density at radius 3 is 2.41 bits per heavy atom. The van der Waals surface area contributed by atoms with Gasteiger partial charge in [-0.15, -0.1) is 0 Å². The molecule has 0 saturated heterocycles. The van der Waals surface area contributed by atoms with E-state index < -0.39 is 11.7 Å². The number of rotatable bonds is 3. The van der Waals surface area contributed by atoms with Gasteiger partial charge in [0.25, 0.3) is 0 Å². The molecule has 0 heterocycles. The Kier molecular flexibility index (Phi) is 4.91. The van der Waals surface area contributed by atoms with E-state index >= 15 is 0 Å². The van der Waals surface area contributed by atoms with E-state index in [1.165, 1.54) is 6.92 Å². The molecule has 1 fully saturated rings. The van der Waals surface area contributed by atoms with Gasteiger partial charge in [-0.2, -0.15) is 0 Å². The molecule has 2 atom stereocenters. The van der Waals surface area contributed by atoms with Crippen molar-refractivity contribution in [3.05, 3.63) is 16.4 Å². The zero-order valence-electron chi connectivity index (χ0n) is 10.0. The van der Waals surface area contributed by atoms with Crippen LogP contribution in [0, 0.1) is 5.39 Å². The summed E-state index contributed by atoms with van der Waals surface area (Å²) in [6.45, 7) is 1.25.